The van der Waals surface area contributed by atoms with Gasteiger partial charge in [-0.05, 0) is 20.3 Å². The van der Waals surface area contributed by atoms with Crippen LogP contribution in [0.3, 0.4) is 0 Å². The van der Waals surface area contributed by atoms with Crippen molar-refractivity contribution in [1.82, 2.24) is 9.97 Å². The summed E-state index contributed by atoms with van der Waals surface area (Å²) in [5.41, 5.74) is 8.50. The second-order valence-corrected chi connectivity index (χ2v) is 4.32. The molecule has 1 aliphatic heterocycles. The van der Waals surface area contributed by atoms with Crippen LogP contribution in [0, 0.1) is 6.92 Å². The number of hydrogen-bond donors (Lipinski definition) is 1. The van der Waals surface area contributed by atoms with Crippen LogP contribution in [0.4, 0.5) is 5.82 Å². The molecule has 86 valence electrons. The third-order valence-corrected chi connectivity index (χ3v) is 3.40. The Labute approximate surface area is 99.4 Å². The normalized spacial score (nSPS) is 14.7. The summed E-state index contributed by atoms with van der Waals surface area (Å²) in [5.74, 6) is 1.29. The summed E-state index contributed by atoms with van der Waals surface area (Å²) < 4.78 is 6.15. The Morgan fingerprint density at radius 1 is 1.31 bits per heavy atom. The molecular formula is C10H15N5S. The van der Waals surface area contributed by atoms with Gasteiger partial charge < -0.3 is 5.73 Å². The average molecular weight is 237 g/mol. The van der Waals surface area contributed by atoms with Gasteiger partial charge in [0.2, 0.25) is 0 Å². The Bertz CT molecular complexity index is 443. The van der Waals surface area contributed by atoms with Crippen molar-refractivity contribution >= 4 is 23.8 Å². The van der Waals surface area contributed by atoms with E-state index >= 15 is 0 Å². The van der Waals surface area contributed by atoms with Gasteiger partial charge in [0, 0.05) is 6.54 Å². The Morgan fingerprint density at radius 3 is 2.69 bits per heavy atom. The predicted octanol–water partition coefficient (Wildman–Crippen LogP) is 1.46. The molecule has 0 bridgehead atoms. The summed E-state index contributed by atoms with van der Waals surface area (Å²) in [6, 6.07) is 0. The van der Waals surface area contributed by atoms with Crippen molar-refractivity contribution in [2.45, 2.75) is 27.2 Å². The van der Waals surface area contributed by atoms with Gasteiger partial charge in [-0.2, -0.15) is 4.40 Å². The number of nitrogens with two attached hydrogens (primary N) is 1. The van der Waals surface area contributed by atoms with Crippen LogP contribution in [-0.2, 0) is 6.42 Å². The third-order valence-electron chi connectivity index (χ3n) is 2.49. The minimum Gasteiger partial charge on any atom is -0.381 e. The first kappa shape index (κ1) is 11.2. The Hall–Kier alpha value is -1.30. The lowest BCUT2D eigenvalue weighted by molar-refractivity contribution is 0.927. The number of nitrogens with zero attached hydrogens (tertiary/aromatic N) is 4. The van der Waals surface area contributed by atoms with Gasteiger partial charge in [-0.15, -0.1) is 0 Å². The average Bonchev–Trinajstić information content (AvgIpc) is 2.29. The topological polar surface area (TPSA) is 67.4 Å². The van der Waals surface area contributed by atoms with Crippen LogP contribution < -0.4 is 10.0 Å². The third kappa shape index (κ3) is 1.73. The molecule has 5 nitrogen and oxygen atoms in total. The first-order valence-electron chi connectivity index (χ1n) is 5.33. The maximum absolute atomic E-state index is 5.84. The molecule has 0 amide bonds. The molecule has 2 heterocycles. The molecule has 2 rings (SSSR count). The number of aryl methyl sites for hydroxylation is 2. The van der Waals surface area contributed by atoms with E-state index in [-0.39, 0.29) is 0 Å². The van der Waals surface area contributed by atoms with Crippen molar-refractivity contribution in [1.29, 1.82) is 0 Å². The quantitative estimate of drug-likeness (QED) is 0.789. The van der Waals surface area contributed by atoms with Crippen LogP contribution in [0.5, 0.6) is 0 Å². The zero-order valence-electron chi connectivity index (χ0n) is 9.69. The van der Waals surface area contributed by atoms with Crippen molar-refractivity contribution in [3.8, 4) is 0 Å². The first-order valence-corrected chi connectivity index (χ1v) is 6.06. The minimum absolute atomic E-state index is 0.465. The number of aromatic nitrogens is 2. The van der Waals surface area contributed by atoms with Crippen LogP contribution >= 0.6 is 12.1 Å². The fourth-order valence-corrected chi connectivity index (χ4v) is 2.20. The van der Waals surface area contributed by atoms with Crippen molar-refractivity contribution in [2.75, 3.05) is 10.8 Å². The Morgan fingerprint density at radius 2 is 2.06 bits per heavy atom. The molecule has 2 N–H and O–H groups in total. The number of anilines is 1. The lowest BCUT2D eigenvalue weighted by atomic mass is 10.2. The molecule has 0 saturated carbocycles. The Balaban J connectivity index is 2.57. The second kappa shape index (κ2) is 4.29. The smallest absolute Gasteiger partial charge is 0.170 e. The van der Waals surface area contributed by atoms with Crippen LogP contribution in [-0.4, -0.2) is 22.3 Å². The number of hydrogen-bond acceptors (Lipinski definition) is 6. The van der Waals surface area contributed by atoms with Crippen LogP contribution in [0.2, 0.25) is 0 Å². The van der Waals surface area contributed by atoms with Crippen LogP contribution in [0.25, 0.3) is 0 Å². The van der Waals surface area contributed by atoms with E-state index in [1.165, 1.54) is 12.1 Å². The van der Waals surface area contributed by atoms with Gasteiger partial charge in [0.05, 0.1) is 23.5 Å². The first-order chi connectivity index (χ1) is 7.67. The molecule has 0 saturated heterocycles. The molecule has 0 spiro atoms. The number of fused-ring (bicyclic) bond motifs is 1. The molecule has 6 heteroatoms. The van der Waals surface area contributed by atoms with Gasteiger partial charge in [0.15, 0.2) is 11.7 Å². The highest BCUT2D eigenvalue weighted by molar-refractivity contribution is 7.99. The summed E-state index contributed by atoms with van der Waals surface area (Å²) in [4.78, 5) is 9.11. The van der Waals surface area contributed by atoms with E-state index in [2.05, 4.69) is 28.2 Å². The molecule has 0 aromatic carbocycles. The predicted molar refractivity (Wildman–Crippen MR) is 67.5 cm³/mol. The van der Waals surface area contributed by atoms with E-state index in [9.17, 15) is 0 Å². The van der Waals surface area contributed by atoms with Crippen LogP contribution in [0.1, 0.15) is 30.9 Å². The molecule has 0 radical (unpaired) electrons. The van der Waals surface area contributed by atoms with Crippen molar-refractivity contribution < 1.29 is 0 Å². The van der Waals surface area contributed by atoms with Gasteiger partial charge in [0.25, 0.3) is 0 Å². The summed E-state index contributed by atoms with van der Waals surface area (Å²) in [5, 5.41) is 0. The fourth-order valence-electron chi connectivity index (χ4n) is 1.61. The second-order valence-electron chi connectivity index (χ2n) is 3.53. The SMILES string of the molecule is CCc1nc2c(nc1C)N(CC)SN=C2N. The minimum atomic E-state index is 0.465. The summed E-state index contributed by atoms with van der Waals surface area (Å²) in [6.07, 6.45) is 0.860. The molecule has 0 atom stereocenters. The number of amidine groups is 1. The fraction of sp³-hybridized carbons (Fsp3) is 0.500. The molecule has 1 aliphatic rings. The molecule has 0 fully saturated rings. The monoisotopic (exact) mass is 237 g/mol. The van der Waals surface area contributed by atoms with E-state index in [1.54, 1.807) is 0 Å². The maximum atomic E-state index is 5.84. The Kier molecular flexibility index (Phi) is 3.00. The molecule has 16 heavy (non-hydrogen) atoms. The largest absolute Gasteiger partial charge is 0.381 e. The molecular weight excluding hydrogens is 222 g/mol. The van der Waals surface area contributed by atoms with Crippen molar-refractivity contribution in [3.05, 3.63) is 17.1 Å². The highest BCUT2D eigenvalue weighted by atomic mass is 32.2. The van der Waals surface area contributed by atoms with Gasteiger partial charge >= 0.3 is 0 Å². The lowest BCUT2D eigenvalue weighted by Gasteiger charge is -2.24. The van der Waals surface area contributed by atoms with Gasteiger partial charge in [-0.3, -0.25) is 4.31 Å². The lowest BCUT2D eigenvalue weighted by Crippen LogP contribution is -2.28. The van der Waals surface area contributed by atoms with E-state index in [0.717, 1.165) is 30.2 Å². The summed E-state index contributed by atoms with van der Waals surface area (Å²) >= 11 is 1.33. The highest BCUT2D eigenvalue weighted by Crippen LogP contribution is 2.29. The van der Waals surface area contributed by atoms with Gasteiger partial charge in [-0.25, -0.2) is 9.97 Å². The van der Waals surface area contributed by atoms with Gasteiger partial charge in [-0.1, -0.05) is 6.92 Å². The standard InChI is InChI=1S/C10H15N5S/c1-4-7-6(3)12-10-8(13-7)9(11)14-16-15(10)5-2/h4-5H2,1-3H3,(H2,11,14). The van der Waals surface area contributed by atoms with E-state index < -0.39 is 0 Å². The molecule has 0 aliphatic carbocycles. The van der Waals surface area contributed by atoms with E-state index in [4.69, 9.17) is 5.73 Å². The molecule has 1 aromatic rings. The number of rotatable bonds is 2. The maximum Gasteiger partial charge on any atom is 0.170 e. The van der Waals surface area contributed by atoms with E-state index in [1.807, 2.05) is 11.2 Å². The zero-order valence-corrected chi connectivity index (χ0v) is 10.5. The van der Waals surface area contributed by atoms with Gasteiger partial charge in [0.1, 0.15) is 5.69 Å². The van der Waals surface area contributed by atoms with Crippen molar-refractivity contribution in [3.63, 3.8) is 0 Å². The summed E-state index contributed by atoms with van der Waals surface area (Å²) in [7, 11) is 0. The molecule has 0 unspecified atom stereocenters. The van der Waals surface area contributed by atoms with Crippen molar-refractivity contribution in [2.24, 2.45) is 10.1 Å². The van der Waals surface area contributed by atoms with E-state index in [0.29, 0.717) is 11.5 Å². The highest BCUT2D eigenvalue weighted by Gasteiger charge is 2.23. The zero-order chi connectivity index (χ0) is 11.7. The van der Waals surface area contributed by atoms with Crippen LogP contribution in [0.15, 0.2) is 4.40 Å². The molecule has 1 aromatic heterocycles. The summed E-state index contributed by atoms with van der Waals surface area (Å²) in [6.45, 7) is 6.92.